The zero-order valence-corrected chi connectivity index (χ0v) is 13.4. The molecule has 2 N–H and O–H groups in total. The van der Waals surface area contributed by atoms with Crippen LogP contribution in [0.5, 0.6) is 0 Å². The van der Waals surface area contributed by atoms with Gasteiger partial charge in [-0.1, -0.05) is 48.5 Å². The quantitative estimate of drug-likeness (QED) is 0.656. The molecule has 118 valence electrons. The average molecular weight is 326 g/mol. The molecule has 1 aliphatic carbocycles. The van der Waals surface area contributed by atoms with Crippen molar-refractivity contribution >= 4 is 23.6 Å². The van der Waals surface area contributed by atoms with Crippen LogP contribution < -0.4 is 10.9 Å². The number of thioether (sulfide) groups is 1. The van der Waals surface area contributed by atoms with Crippen molar-refractivity contribution in [3.63, 3.8) is 0 Å². The van der Waals surface area contributed by atoms with E-state index in [2.05, 4.69) is 10.9 Å². The van der Waals surface area contributed by atoms with Crippen molar-refractivity contribution in [1.82, 2.24) is 10.9 Å². The molecule has 4 nitrogen and oxygen atoms in total. The molecule has 2 aromatic rings. The lowest BCUT2D eigenvalue weighted by molar-refractivity contribution is -0.129. The summed E-state index contributed by atoms with van der Waals surface area (Å²) in [5, 5.41) is -0.418. The number of carbonyl (C=O) groups excluding carboxylic acids is 2. The molecule has 1 unspecified atom stereocenters. The Balaban J connectivity index is 1.71. The zero-order chi connectivity index (χ0) is 16.1. The topological polar surface area (TPSA) is 58.2 Å². The molecule has 0 aliphatic heterocycles. The minimum Gasteiger partial charge on any atom is -0.273 e. The number of amides is 2. The Bertz CT molecular complexity index is 672. The molecular weight excluding hydrogens is 308 g/mol. The molecule has 0 spiro atoms. The van der Waals surface area contributed by atoms with Gasteiger partial charge < -0.3 is 0 Å². The van der Waals surface area contributed by atoms with Gasteiger partial charge in [-0.05, 0) is 30.5 Å². The lowest BCUT2D eigenvalue weighted by Crippen LogP contribution is -2.44. The number of benzene rings is 2. The Hall–Kier alpha value is -2.27. The van der Waals surface area contributed by atoms with Gasteiger partial charge in [0, 0.05) is 10.8 Å². The Labute approximate surface area is 139 Å². The molecule has 0 heterocycles. The van der Waals surface area contributed by atoms with Crippen molar-refractivity contribution in [2.45, 2.75) is 23.0 Å². The highest BCUT2D eigenvalue weighted by molar-refractivity contribution is 8.00. The van der Waals surface area contributed by atoms with E-state index in [1.54, 1.807) is 0 Å². The number of nitrogens with one attached hydrogen (secondary N) is 2. The summed E-state index contributed by atoms with van der Waals surface area (Å²) < 4.78 is 0. The SMILES string of the molecule is O=C(NNC(=O)C(Sc1ccccc1)c1ccccc1)C1CC1. The zero-order valence-electron chi connectivity index (χ0n) is 12.6. The molecule has 0 bridgehead atoms. The van der Waals surface area contributed by atoms with E-state index in [0.29, 0.717) is 0 Å². The Morgan fingerprint density at radius 3 is 2.13 bits per heavy atom. The Kier molecular flexibility index (Phi) is 4.98. The lowest BCUT2D eigenvalue weighted by Gasteiger charge is -2.17. The minimum atomic E-state index is -0.418. The molecular formula is C18H18N2O2S. The van der Waals surface area contributed by atoms with Crippen LogP contribution in [0.2, 0.25) is 0 Å². The highest BCUT2D eigenvalue weighted by Gasteiger charge is 2.30. The Morgan fingerprint density at radius 2 is 1.52 bits per heavy atom. The van der Waals surface area contributed by atoms with Crippen molar-refractivity contribution in [1.29, 1.82) is 0 Å². The van der Waals surface area contributed by atoms with Crippen LogP contribution >= 0.6 is 11.8 Å². The molecule has 2 amide bonds. The van der Waals surface area contributed by atoms with Crippen LogP contribution in [0.15, 0.2) is 65.6 Å². The van der Waals surface area contributed by atoms with Crippen LogP contribution in [0.25, 0.3) is 0 Å². The van der Waals surface area contributed by atoms with Gasteiger partial charge in [0.25, 0.3) is 5.91 Å². The molecule has 5 heteroatoms. The monoisotopic (exact) mass is 326 g/mol. The number of hydrogen-bond donors (Lipinski definition) is 2. The molecule has 23 heavy (non-hydrogen) atoms. The molecule has 1 fully saturated rings. The summed E-state index contributed by atoms with van der Waals surface area (Å²) >= 11 is 1.46. The maximum absolute atomic E-state index is 12.5. The van der Waals surface area contributed by atoms with Crippen molar-refractivity contribution in [2.24, 2.45) is 5.92 Å². The first-order chi connectivity index (χ1) is 11.2. The van der Waals surface area contributed by atoms with E-state index in [1.807, 2.05) is 60.7 Å². The number of hydrazine groups is 1. The van der Waals surface area contributed by atoms with Gasteiger partial charge in [-0.2, -0.15) is 0 Å². The van der Waals surface area contributed by atoms with E-state index in [4.69, 9.17) is 0 Å². The second-order valence-electron chi connectivity index (χ2n) is 5.47. The molecule has 3 rings (SSSR count). The smallest absolute Gasteiger partial charge is 0.256 e. The van der Waals surface area contributed by atoms with E-state index in [9.17, 15) is 9.59 Å². The van der Waals surface area contributed by atoms with Gasteiger partial charge in [0.1, 0.15) is 5.25 Å². The van der Waals surface area contributed by atoms with Gasteiger partial charge in [-0.25, -0.2) is 0 Å². The highest BCUT2D eigenvalue weighted by Crippen LogP contribution is 2.35. The third-order valence-corrected chi connectivity index (χ3v) is 4.86. The predicted molar refractivity (Wildman–Crippen MR) is 90.5 cm³/mol. The van der Waals surface area contributed by atoms with Crippen LogP contribution in [0.4, 0.5) is 0 Å². The van der Waals surface area contributed by atoms with E-state index in [0.717, 1.165) is 23.3 Å². The molecule has 0 saturated heterocycles. The molecule has 0 aromatic heterocycles. The molecule has 1 aliphatic rings. The molecule has 0 radical (unpaired) electrons. The maximum Gasteiger partial charge on any atom is 0.256 e. The summed E-state index contributed by atoms with van der Waals surface area (Å²) in [6.07, 6.45) is 1.81. The number of carbonyl (C=O) groups is 2. The third kappa shape index (κ3) is 4.36. The third-order valence-electron chi connectivity index (χ3n) is 3.59. The van der Waals surface area contributed by atoms with Crippen LogP contribution in [-0.4, -0.2) is 11.8 Å². The molecule has 2 aromatic carbocycles. The summed E-state index contributed by atoms with van der Waals surface area (Å²) in [5.41, 5.74) is 5.99. The van der Waals surface area contributed by atoms with Gasteiger partial charge in [0.15, 0.2) is 0 Å². The van der Waals surface area contributed by atoms with E-state index < -0.39 is 5.25 Å². The average Bonchev–Trinajstić information content (AvgIpc) is 3.44. The van der Waals surface area contributed by atoms with E-state index >= 15 is 0 Å². The minimum absolute atomic E-state index is 0.0623. The van der Waals surface area contributed by atoms with Gasteiger partial charge in [-0.15, -0.1) is 11.8 Å². The lowest BCUT2D eigenvalue weighted by atomic mass is 10.1. The molecule has 1 saturated carbocycles. The maximum atomic E-state index is 12.5. The van der Waals surface area contributed by atoms with Crippen molar-refractivity contribution in [3.8, 4) is 0 Å². The van der Waals surface area contributed by atoms with Gasteiger partial charge in [0.2, 0.25) is 5.91 Å². The summed E-state index contributed by atoms with van der Waals surface area (Å²) in [6, 6.07) is 19.3. The fourth-order valence-corrected chi connectivity index (χ4v) is 3.22. The normalized spacial score (nSPS) is 14.8. The fraction of sp³-hybridized carbons (Fsp3) is 0.222. The molecule has 1 atom stereocenters. The number of hydrogen-bond acceptors (Lipinski definition) is 3. The highest BCUT2D eigenvalue weighted by atomic mass is 32.2. The summed E-state index contributed by atoms with van der Waals surface area (Å²) in [6.45, 7) is 0. The van der Waals surface area contributed by atoms with Gasteiger partial charge in [-0.3, -0.25) is 20.4 Å². The summed E-state index contributed by atoms with van der Waals surface area (Å²) in [5.74, 6) is -0.263. The Morgan fingerprint density at radius 1 is 0.913 bits per heavy atom. The largest absolute Gasteiger partial charge is 0.273 e. The number of rotatable bonds is 5. The second-order valence-corrected chi connectivity index (χ2v) is 6.65. The van der Waals surface area contributed by atoms with E-state index in [-0.39, 0.29) is 17.7 Å². The standard InChI is InChI=1S/C18H18N2O2S/c21-17(14-11-12-14)19-20-18(22)16(13-7-3-1-4-8-13)23-15-9-5-2-6-10-15/h1-10,14,16H,11-12H2,(H,19,21)(H,20,22). The van der Waals surface area contributed by atoms with Gasteiger partial charge >= 0.3 is 0 Å². The van der Waals surface area contributed by atoms with E-state index in [1.165, 1.54) is 11.8 Å². The van der Waals surface area contributed by atoms with Gasteiger partial charge in [0.05, 0.1) is 0 Å². The first kappa shape index (κ1) is 15.6. The summed E-state index contributed by atoms with van der Waals surface area (Å²) in [7, 11) is 0. The van der Waals surface area contributed by atoms with Crippen LogP contribution in [0.3, 0.4) is 0 Å². The van der Waals surface area contributed by atoms with Crippen LogP contribution in [-0.2, 0) is 9.59 Å². The predicted octanol–water partition coefficient (Wildman–Crippen LogP) is 3.08. The van der Waals surface area contributed by atoms with Crippen molar-refractivity contribution < 1.29 is 9.59 Å². The second kappa shape index (κ2) is 7.33. The van der Waals surface area contributed by atoms with Crippen LogP contribution in [0, 0.1) is 5.92 Å². The van der Waals surface area contributed by atoms with Crippen LogP contribution in [0.1, 0.15) is 23.7 Å². The first-order valence-electron chi connectivity index (χ1n) is 7.60. The van der Waals surface area contributed by atoms with Crippen molar-refractivity contribution in [3.05, 3.63) is 66.2 Å². The van der Waals surface area contributed by atoms with Crippen molar-refractivity contribution in [2.75, 3.05) is 0 Å². The summed E-state index contributed by atoms with van der Waals surface area (Å²) in [4.78, 5) is 25.2. The fourth-order valence-electron chi connectivity index (χ4n) is 2.17. The first-order valence-corrected chi connectivity index (χ1v) is 8.48.